The summed E-state index contributed by atoms with van der Waals surface area (Å²) in [5, 5.41) is 14.1. The zero-order valence-electron chi connectivity index (χ0n) is 11.5. The van der Waals surface area contributed by atoms with E-state index in [2.05, 4.69) is 10.3 Å². The van der Waals surface area contributed by atoms with Crippen LogP contribution in [-0.4, -0.2) is 30.1 Å². The van der Waals surface area contributed by atoms with Gasteiger partial charge >= 0.3 is 6.18 Å². The van der Waals surface area contributed by atoms with E-state index in [4.69, 9.17) is 0 Å². The van der Waals surface area contributed by atoms with Crippen molar-refractivity contribution in [3.8, 4) is 5.75 Å². The van der Waals surface area contributed by atoms with Crippen LogP contribution in [-0.2, 0) is 0 Å². The molecule has 0 saturated heterocycles. The van der Waals surface area contributed by atoms with Gasteiger partial charge in [0.25, 0.3) is 0 Å². The summed E-state index contributed by atoms with van der Waals surface area (Å²) in [6.07, 6.45) is -3.53. The Morgan fingerprint density at radius 3 is 2.64 bits per heavy atom. The third kappa shape index (κ3) is 2.64. The lowest BCUT2D eigenvalue weighted by atomic mass is 10.0. The van der Waals surface area contributed by atoms with Crippen LogP contribution in [0.4, 0.5) is 13.2 Å². The molecule has 6 heteroatoms. The number of hydrogen-bond acceptors (Lipinski definition) is 3. The SMILES string of the molecule is Oc1c(C2=NCCNC(C(F)(F)F)=C2)ccc2ccccc12. The van der Waals surface area contributed by atoms with E-state index < -0.39 is 11.9 Å². The molecule has 0 fully saturated rings. The van der Waals surface area contributed by atoms with Gasteiger partial charge in [0.1, 0.15) is 11.4 Å². The van der Waals surface area contributed by atoms with Crippen LogP contribution in [0, 0.1) is 0 Å². The first-order valence-electron chi connectivity index (χ1n) is 6.75. The van der Waals surface area contributed by atoms with Crippen molar-refractivity contribution in [1.29, 1.82) is 0 Å². The molecule has 0 unspecified atom stereocenters. The Hall–Kier alpha value is -2.50. The molecule has 0 spiro atoms. The molecule has 0 radical (unpaired) electrons. The predicted molar refractivity (Wildman–Crippen MR) is 79.2 cm³/mol. The highest BCUT2D eigenvalue weighted by atomic mass is 19.4. The average Bonchev–Trinajstić information content (AvgIpc) is 2.74. The zero-order chi connectivity index (χ0) is 15.7. The first-order valence-corrected chi connectivity index (χ1v) is 6.75. The average molecular weight is 306 g/mol. The largest absolute Gasteiger partial charge is 0.507 e. The summed E-state index contributed by atoms with van der Waals surface area (Å²) >= 11 is 0. The second-order valence-corrected chi connectivity index (χ2v) is 4.93. The summed E-state index contributed by atoms with van der Waals surface area (Å²) < 4.78 is 38.7. The molecular weight excluding hydrogens is 293 g/mol. The fourth-order valence-corrected chi connectivity index (χ4v) is 2.41. The molecule has 114 valence electrons. The van der Waals surface area contributed by atoms with Gasteiger partial charge in [-0.2, -0.15) is 13.2 Å². The molecule has 1 heterocycles. The number of fused-ring (bicyclic) bond motifs is 1. The second kappa shape index (κ2) is 5.36. The Morgan fingerprint density at radius 2 is 1.86 bits per heavy atom. The maximum atomic E-state index is 12.9. The van der Waals surface area contributed by atoms with E-state index in [1.54, 1.807) is 24.3 Å². The number of aliphatic imine (C=N–C) groups is 1. The van der Waals surface area contributed by atoms with Gasteiger partial charge in [-0.05, 0) is 17.5 Å². The van der Waals surface area contributed by atoms with Gasteiger partial charge in [-0.15, -0.1) is 0 Å². The highest BCUT2D eigenvalue weighted by Crippen LogP contribution is 2.31. The number of rotatable bonds is 1. The number of nitrogens with one attached hydrogen (secondary N) is 1. The smallest absolute Gasteiger partial charge is 0.430 e. The molecule has 3 rings (SSSR count). The van der Waals surface area contributed by atoms with Gasteiger partial charge in [-0.3, -0.25) is 4.99 Å². The van der Waals surface area contributed by atoms with Crippen molar-refractivity contribution in [2.45, 2.75) is 6.18 Å². The molecule has 22 heavy (non-hydrogen) atoms. The summed E-state index contributed by atoms with van der Waals surface area (Å²) in [6.45, 7) is 0.306. The molecule has 2 N–H and O–H groups in total. The van der Waals surface area contributed by atoms with Crippen LogP contribution in [0.2, 0.25) is 0 Å². The van der Waals surface area contributed by atoms with Crippen LogP contribution in [0.25, 0.3) is 10.8 Å². The van der Waals surface area contributed by atoms with E-state index in [0.29, 0.717) is 10.9 Å². The highest BCUT2D eigenvalue weighted by Gasteiger charge is 2.34. The van der Waals surface area contributed by atoms with Crippen LogP contribution in [0.5, 0.6) is 5.75 Å². The Bertz CT molecular complexity index is 779. The number of benzene rings is 2. The molecule has 3 nitrogen and oxygen atoms in total. The Morgan fingerprint density at radius 1 is 1.09 bits per heavy atom. The number of phenolic OH excluding ortho intramolecular Hbond substituents is 1. The molecule has 1 aliphatic rings. The van der Waals surface area contributed by atoms with Crippen LogP contribution >= 0.6 is 0 Å². The number of hydrogen-bond donors (Lipinski definition) is 2. The number of nitrogens with zero attached hydrogens (tertiary/aromatic N) is 1. The zero-order valence-corrected chi connectivity index (χ0v) is 11.5. The summed E-state index contributed by atoms with van der Waals surface area (Å²) in [7, 11) is 0. The number of aromatic hydroxyl groups is 1. The topological polar surface area (TPSA) is 44.6 Å². The minimum Gasteiger partial charge on any atom is -0.507 e. The van der Waals surface area contributed by atoms with Gasteiger partial charge in [0.15, 0.2) is 0 Å². The lowest BCUT2D eigenvalue weighted by molar-refractivity contribution is -0.0964. The van der Waals surface area contributed by atoms with Crippen molar-refractivity contribution in [2.24, 2.45) is 4.99 Å². The van der Waals surface area contributed by atoms with E-state index in [0.717, 1.165) is 11.5 Å². The third-order valence-corrected chi connectivity index (χ3v) is 3.47. The van der Waals surface area contributed by atoms with Gasteiger partial charge < -0.3 is 10.4 Å². The summed E-state index contributed by atoms with van der Waals surface area (Å²) in [5.74, 6) is -0.0588. The lowest BCUT2D eigenvalue weighted by Crippen LogP contribution is -2.27. The number of phenols is 1. The summed E-state index contributed by atoms with van der Waals surface area (Å²) in [5.41, 5.74) is -0.430. The van der Waals surface area contributed by atoms with Crippen molar-refractivity contribution in [3.05, 3.63) is 53.7 Å². The lowest BCUT2D eigenvalue weighted by Gasteiger charge is -2.12. The molecular formula is C16H13F3N2O. The van der Waals surface area contributed by atoms with Crippen LogP contribution in [0.1, 0.15) is 5.56 Å². The Labute approximate surface area is 124 Å². The van der Waals surface area contributed by atoms with Crippen molar-refractivity contribution < 1.29 is 18.3 Å². The fourth-order valence-electron chi connectivity index (χ4n) is 2.41. The predicted octanol–water partition coefficient (Wildman–Crippen LogP) is 3.38. The van der Waals surface area contributed by atoms with E-state index in [1.165, 1.54) is 0 Å². The first-order chi connectivity index (χ1) is 10.5. The van der Waals surface area contributed by atoms with E-state index in [-0.39, 0.29) is 24.6 Å². The molecule has 0 amide bonds. The molecule has 2 aromatic carbocycles. The van der Waals surface area contributed by atoms with Gasteiger partial charge in [0, 0.05) is 17.5 Å². The second-order valence-electron chi connectivity index (χ2n) is 4.93. The molecule has 0 atom stereocenters. The summed E-state index contributed by atoms with van der Waals surface area (Å²) in [4.78, 5) is 4.14. The monoisotopic (exact) mass is 306 g/mol. The minimum atomic E-state index is -4.47. The van der Waals surface area contributed by atoms with E-state index in [1.807, 2.05) is 12.1 Å². The number of halogens is 3. The van der Waals surface area contributed by atoms with Crippen molar-refractivity contribution in [1.82, 2.24) is 5.32 Å². The maximum absolute atomic E-state index is 12.9. The fraction of sp³-hybridized carbons (Fsp3) is 0.188. The molecule has 1 aliphatic heterocycles. The molecule has 0 aromatic heterocycles. The highest BCUT2D eigenvalue weighted by molar-refractivity contribution is 6.13. The van der Waals surface area contributed by atoms with E-state index in [9.17, 15) is 18.3 Å². The van der Waals surface area contributed by atoms with Crippen molar-refractivity contribution in [3.63, 3.8) is 0 Å². The molecule has 2 aromatic rings. The molecule has 0 saturated carbocycles. The van der Waals surface area contributed by atoms with Crippen LogP contribution in [0.15, 0.2) is 53.2 Å². The number of alkyl halides is 3. The van der Waals surface area contributed by atoms with E-state index >= 15 is 0 Å². The Balaban J connectivity index is 2.13. The van der Waals surface area contributed by atoms with Crippen molar-refractivity contribution >= 4 is 16.5 Å². The Kier molecular flexibility index (Phi) is 3.52. The third-order valence-electron chi connectivity index (χ3n) is 3.47. The normalized spacial score (nSPS) is 15.8. The minimum absolute atomic E-state index is 0.0588. The van der Waals surface area contributed by atoms with Crippen molar-refractivity contribution in [2.75, 3.05) is 13.1 Å². The first kappa shape index (κ1) is 14.4. The maximum Gasteiger partial charge on any atom is 0.430 e. The standard InChI is InChI=1S/C16H13F3N2O/c17-16(18,19)14-9-13(20-7-8-21-14)12-6-5-10-3-1-2-4-11(10)15(12)22/h1-6,9,21-22H,7-8H2. The summed E-state index contributed by atoms with van der Waals surface area (Å²) in [6, 6.07) is 10.5. The van der Waals surface area contributed by atoms with Gasteiger partial charge in [0.05, 0.1) is 12.3 Å². The van der Waals surface area contributed by atoms with Gasteiger partial charge in [-0.1, -0.05) is 30.3 Å². The quantitative estimate of drug-likeness (QED) is 0.848. The van der Waals surface area contributed by atoms with Gasteiger partial charge in [0.2, 0.25) is 0 Å². The van der Waals surface area contributed by atoms with Crippen LogP contribution in [0.3, 0.4) is 0 Å². The molecule has 0 aliphatic carbocycles. The number of allylic oxidation sites excluding steroid dienone is 2. The van der Waals surface area contributed by atoms with Gasteiger partial charge in [-0.25, -0.2) is 0 Å². The van der Waals surface area contributed by atoms with Crippen LogP contribution < -0.4 is 5.32 Å². The molecule has 0 bridgehead atoms.